The Morgan fingerprint density at radius 3 is 2.56 bits per heavy atom. The molecule has 1 unspecified atom stereocenters. The van der Waals surface area contributed by atoms with Crippen LogP contribution in [0.5, 0.6) is 5.75 Å². The molecule has 0 bridgehead atoms. The first-order valence-corrected chi connectivity index (χ1v) is 11.4. The van der Waals surface area contributed by atoms with Gasteiger partial charge in [-0.15, -0.1) is 0 Å². The number of ether oxygens (including phenoxy) is 2. The van der Waals surface area contributed by atoms with Crippen molar-refractivity contribution in [3.05, 3.63) is 51.5 Å². The molecule has 1 atom stereocenters. The largest absolute Gasteiger partial charge is 0.487 e. The van der Waals surface area contributed by atoms with Gasteiger partial charge < -0.3 is 19.2 Å². The summed E-state index contributed by atoms with van der Waals surface area (Å²) in [7, 11) is 0. The summed E-state index contributed by atoms with van der Waals surface area (Å²) >= 11 is 0. The number of esters is 1. The molecule has 0 saturated carbocycles. The van der Waals surface area contributed by atoms with Crippen LogP contribution < -0.4 is 10.1 Å². The first-order valence-electron chi connectivity index (χ1n) is 11.4. The van der Waals surface area contributed by atoms with Crippen LogP contribution in [-0.4, -0.2) is 30.1 Å². The summed E-state index contributed by atoms with van der Waals surface area (Å²) in [4.78, 5) is 24.1. The number of furan rings is 1. The topological polar surface area (TPSA) is 77.8 Å². The van der Waals surface area contributed by atoms with Gasteiger partial charge in [0.25, 0.3) is 5.91 Å². The lowest BCUT2D eigenvalue weighted by Crippen LogP contribution is -2.34. The summed E-state index contributed by atoms with van der Waals surface area (Å²) in [6.07, 6.45) is 2.71. The van der Waals surface area contributed by atoms with Crippen LogP contribution in [0.3, 0.4) is 0 Å². The molecule has 0 spiro atoms. The summed E-state index contributed by atoms with van der Waals surface area (Å²) in [6, 6.07) is 3.19. The highest BCUT2D eigenvalue weighted by atomic mass is 16.5. The maximum Gasteiger partial charge on any atom is 0.307 e. The van der Waals surface area contributed by atoms with Crippen molar-refractivity contribution >= 4 is 11.9 Å². The van der Waals surface area contributed by atoms with Gasteiger partial charge in [0.1, 0.15) is 17.1 Å². The number of hydrogen-bond donors (Lipinski definition) is 1. The molecule has 32 heavy (non-hydrogen) atoms. The van der Waals surface area contributed by atoms with Gasteiger partial charge in [0, 0.05) is 12.5 Å². The minimum absolute atomic E-state index is 0.124. The SMILES string of the molecule is CCOC(=O)CC(C)NC(=O)c1ccc(Cc2c(C)c(C)c3c(c2C)CCC(C)(C)O3)o1. The molecule has 1 aromatic carbocycles. The van der Waals surface area contributed by atoms with Gasteiger partial charge in [-0.1, -0.05) is 0 Å². The van der Waals surface area contributed by atoms with E-state index in [9.17, 15) is 9.59 Å². The zero-order chi connectivity index (χ0) is 23.6. The molecule has 1 amide bonds. The molecular formula is C26H35NO5. The lowest BCUT2D eigenvalue weighted by Gasteiger charge is -2.35. The molecule has 2 aromatic rings. The minimum atomic E-state index is -0.341. The Bertz CT molecular complexity index is 1020. The van der Waals surface area contributed by atoms with Crippen molar-refractivity contribution in [2.24, 2.45) is 0 Å². The van der Waals surface area contributed by atoms with E-state index >= 15 is 0 Å². The third kappa shape index (κ3) is 5.17. The van der Waals surface area contributed by atoms with Gasteiger partial charge >= 0.3 is 5.97 Å². The van der Waals surface area contributed by atoms with E-state index < -0.39 is 0 Å². The summed E-state index contributed by atoms with van der Waals surface area (Å²) < 4.78 is 17.1. The number of fused-ring (bicyclic) bond motifs is 1. The summed E-state index contributed by atoms with van der Waals surface area (Å²) in [5.74, 6) is 1.33. The van der Waals surface area contributed by atoms with Crippen LogP contribution >= 0.6 is 0 Å². The number of carbonyl (C=O) groups excluding carboxylic acids is 2. The predicted octanol–water partition coefficient (Wildman–Crippen LogP) is 4.97. The van der Waals surface area contributed by atoms with Crippen molar-refractivity contribution in [1.29, 1.82) is 0 Å². The van der Waals surface area contributed by atoms with Gasteiger partial charge in [0.2, 0.25) is 0 Å². The van der Waals surface area contributed by atoms with Crippen LogP contribution in [0.1, 0.15) is 84.7 Å². The minimum Gasteiger partial charge on any atom is -0.487 e. The Balaban J connectivity index is 1.75. The molecule has 0 fully saturated rings. The molecule has 174 valence electrons. The first-order chi connectivity index (χ1) is 15.0. The van der Waals surface area contributed by atoms with E-state index in [1.165, 1.54) is 27.8 Å². The third-order valence-corrected chi connectivity index (χ3v) is 6.28. The van der Waals surface area contributed by atoms with Gasteiger partial charge in [-0.3, -0.25) is 9.59 Å². The Morgan fingerprint density at radius 2 is 1.88 bits per heavy atom. The smallest absolute Gasteiger partial charge is 0.307 e. The average Bonchev–Trinajstić information content (AvgIpc) is 3.18. The Kier molecular flexibility index (Phi) is 7.01. The summed E-state index contributed by atoms with van der Waals surface area (Å²) in [5, 5.41) is 2.79. The fourth-order valence-electron chi connectivity index (χ4n) is 4.30. The lowest BCUT2D eigenvalue weighted by molar-refractivity contribution is -0.143. The van der Waals surface area contributed by atoms with Crippen LogP contribution in [0, 0.1) is 20.8 Å². The second kappa shape index (κ2) is 9.39. The van der Waals surface area contributed by atoms with Crippen molar-refractivity contribution in [2.75, 3.05) is 6.61 Å². The molecule has 0 saturated heterocycles. The van der Waals surface area contributed by atoms with Crippen LogP contribution in [0.2, 0.25) is 0 Å². The number of hydrogen-bond acceptors (Lipinski definition) is 5. The Labute approximate surface area is 190 Å². The number of benzene rings is 1. The average molecular weight is 442 g/mol. The Morgan fingerprint density at radius 1 is 1.16 bits per heavy atom. The number of amides is 1. The van der Waals surface area contributed by atoms with Crippen molar-refractivity contribution in [3.63, 3.8) is 0 Å². The fraction of sp³-hybridized carbons (Fsp3) is 0.538. The second-order valence-electron chi connectivity index (χ2n) is 9.35. The summed E-state index contributed by atoms with van der Waals surface area (Å²) in [6.45, 7) is 14.5. The second-order valence-corrected chi connectivity index (χ2v) is 9.35. The van der Waals surface area contributed by atoms with Gasteiger partial charge in [0.05, 0.1) is 13.0 Å². The molecule has 2 heterocycles. The van der Waals surface area contributed by atoms with Crippen LogP contribution in [0.4, 0.5) is 0 Å². The quantitative estimate of drug-likeness (QED) is 0.614. The number of rotatable bonds is 7. The maximum absolute atomic E-state index is 12.5. The van der Waals surface area contributed by atoms with E-state index in [0.717, 1.165) is 24.4 Å². The third-order valence-electron chi connectivity index (χ3n) is 6.28. The molecule has 1 aliphatic heterocycles. The highest BCUT2D eigenvalue weighted by Gasteiger charge is 2.30. The molecule has 6 heteroatoms. The molecule has 0 aliphatic carbocycles. The van der Waals surface area contributed by atoms with Gasteiger partial charge in [0.15, 0.2) is 5.76 Å². The normalized spacial score (nSPS) is 15.5. The predicted molar refractivity (Wildman–Crippen MR) is 123 cm³/mol. The van der Waals surface area contributed by atoms with Crippen LogP contribution in [-0.2, 0) is 22.4 Å². The fourth-order valence-corrected chi connectivity index (χ4v) is 4.30. The van der Waals surface area contributed by atoms with Crippen molar-refractivity contribution in [3.8, 4) is 5.75 Å². The van der Waals surface area contributed by atoms with E-state index in [1.807, 2.05) is 6.07 Å². The van der Waals surface area contributed by atoms with E-state index in [4.69, 9.17) is 13.9 Å². The molecule has 0 radical (unpaired) electrons. The molecule has 1 aliphatic rings. The van der Waals surface area contributed by atoms with Crippen molar-refractivity contribution < 1.29 is 23.5 Å². The van der Waals surface area contributed by atoms with Crippen molar-refractivity contribution in [2.45, 2.75) is 85.8 Å². The monoisotopic (exact) mass is 441 g/mol. The van der Waals surface area contributed by atoms with E-state index in [-0.39, 0.29) is 35.7 Å². The molecule has 6 nitrogen and oxygen atoms in total. The number of carbonyl (C=O) groups is 2. The highest BCUT2D eigenvalue weighted by molar-refractivity contribution is 5.92. The highest BCUT2D eigenvalue weighted by Crippen LogP contribution is 2.41. The standard InChI is InChI=1S/C26H35NO5/c1-8-30-23(28)13-15(2)27-25(29)22-10-9-19(31-22)14-21-16(3)17(4)24-20(18(21)5)11-12-26(6,7)32-24/h9-10,15H,8,11-14H2,1-7H3,(H,27,29). The van der Waals surface area contributed by atoms with Crippen molar-refractivity contribution in [1.82, 2.24) is 5.32 Å². The Hall–Kier alpha value is -2.76. The van der Waals surface area contributed by atoms with Crippen LogP contribution in [0.15, 0.2) is 16.5 Å². The zero-order valence-corrected chi connectivity index (χ0v) is 20.3. The zero-order valence-electron chi connectivity index (χ0n) is 20.3. The number of nitrogens with one attached hydrogen (secondary N) is 1. The summed E-state index contributed by atoms with van der Waals surface area (Å²) in [5.41, 5.74) is 5.96. The molecule has 1 aromatic heterocycles. The van der Waals surface area contributed by atoms with Gasteiger partial charge in [-0.25, -0.2) is 0 Å². The van der Waals surface area contributed by atoms with E-state index in [2.05, 4.69) is 39.9 Å². The van der Waals surface area contributed by atoms with Gasteiger partial charge in [-0.2, -0.15) is 0 Å². The molecular weight excluding hydrogens is 406 g/mol. The van der Waals surface area contributed by atoms with Gasteiger partial charge in [-0.05, 0) is 101 Å². The van der Waals surface area contributed by atoms with E-state index in [1.54, 1.807) is 19.9 Å². The molecule has 3 rings (SSSR count). The first kappa shape index (κ1) is 23.9. The van der Waals surface area contributed by atoms with Crippen LogP contribution in [0.25, 0.3) is 0 Å². The van der Waals surface area contributed by atoms with E-state index in [0.29, 0.717) is 13.0 Å². The molecule has 1 N–H and O–H groups in total. The maximum atomic E-state index is 12.5. The lowest BCUT2D eigenvalue weighted by atomic mass is 9.84.